The standard InChI is InChI=1S/C26H25N5O3/c1-15-7-8-18(17-11-27-25(33-2)28-12-17)20(9-15)24(32)31-14-16-10-19(16)22(31)13-29-26-30-21-5-3-4-6-23(21)34-26/h3-9,11-12,16,19,22H,10,13-14H2,1-2H3,(H,29,30)/t16-,19-,22-/m1/s1. The van der Waals surface area contributed by atoms with Crippen LogP contribution in [0.25, 0.3) is 22.2 Å². The van der Waals surface area contributed by atoms with Gasteiger partial charge in [-0.1, -0.05) is 29.8 Å². The van der Waals surface area contributed by atoms with E-state index in [0.29, 0.717) is 36.0 Å². The zero-order chi connectivity index (χ0) is 23.2. The van der Waals surface area contributed by atoms with E-state index in [2.05, 4.69) is 20.3 Å². The van der Waals surface area contributed by atoms with Gasteiger partial charge in [-0.2, -0.15) is 4.98 Å². The molecule has 0 radical (unpaired) electrons. The van der Waals surface area contributed by atoms with E-state index in [1.807, 2.05) is 54.3 Å². The summed E-state index contributed by atoms with van der Waals surface area (Å²) >= 11 is 0. The minimum absolute atomic E-state index is 0.0334. The Hall–Kier alpha value is -3.94. The second-order valence-corrected chi connectivity index (χ2v) is 9.06. The molecule has 1 N–H and O–H groups in total. The van der Waals surface area contributed by atoms with Gasteiger partial charge in [0.2, 0.25) is 0 Å². The van der Waals surface area contributed by atoms with Gasteiger partial charge in [-0.25, -0.2) is 9.97 Å². The molecule has 8 nitrogen and oxygen atoms in total. The zero-order valence-electron chi connectivity index (χ0n) is 19.1. The van der Waals surface area contributed by atoms with Crippen LogP contribution in [-0.2, 0) is 0 Å². The molecule has 1 aliphatic heterocycles. The molecule has 0 spiro atoms. The lowest BCUT2D eigenvalue weighted by Gasteiger charge is -2.28. The highest BCUT2D eigenvalue weighted by Crippen LogP contribution is 2.50. The summed E-state index contributed by atoms with van der Waals surface area (Å²) in [4.78, 5) is 28.8. The molecule has 1 aliphatic carbocycles. The maximum Gasteiger partial charge on any atom is 0.316 e. The molecule has 2 aromatic carbocycles. The van der Waals surface area contributed by atoms with Gasteiger partial charge in [-0.3, -0.25) is 4.79 Å². The predicted octanol–water partition coefficient (Wildman–Crippen LogP) is 4.17. The molecule has 1 saturated carbocycles. The number of nitrogens with one attached hydrogen (secondary N) is 1. The van der Waals surface area contributed by atoms with Gasteiger partial charge >= 0.3 is 6.01 Å². The SMILES string of the molecule is COc1ncc(-c2ccc(C)cc2C(=O)N2C[C@H]3C[C@H]3[C@H]2CNc2nc3ccccc3o2)cn1. The molecule has 1 saturated heterocycles. The van der Waals surface area contributed by atoms with Crippen molar-refractivity contribution >= 4 is 23.0 Å². The van der Waals surface area contributed by atoms with Gasteiger partial charge in [0, 0.05) is 36.6 Å². The Bertz CT molecular complexity index is 1330. The number of piperidine rings is 1. The maximum absolute atomic E-state index is 13.8. The number of benzene rings is 2. The number of hydrogen-bond donors (Lipinski definition) is 1. The van der Waals surface area contributed by atoms with E-state index in [9.17, 15) is 4.79 Å². The Morgan fingerprint density at radius 1 is 1.21 bits per heavy atom. The molecule has 2 fully saturated rings. The first-order valence-electron chi connectivity index (χ1n) is 11.5. The van der Waals surface area contributed by atoms with Crippen LogP contribution in [0.1, 0.15) is 22.3 Å². The van der Waals surface area contributed by atoms with Gasteiger partial charge in [0.25, 0.3) is 11.9 Å². The number of para-hydroxylation sites is 2. The molecule has 0 unspecified atom stereocenters. The summed E-state index contributed by atoms with van der Waals surface area (Å²) in [6.07, 6.45) is 4.55. The number of likely N-dealkylation sites (tertiary alicyclic amines) is 1. The van der Waals surface area contributed by atoms with Crippen molar-refractivity contribution in [2.75, 3.05) is 25.5 Å². The highest BCUT2D eigenvalue weighted by Gasteiger charge is 2.54. The monoisotopic (exact) mass is 455 g/mol. The van der Waals surface area contributed by atoms with Crippen molar-refractivity contribution in [3.8, 4) is 17.1 Å². The number of oxazole rings is 1. The van der Waals surface area contributed by atoms with Crippen LogP contribution in [-0.4, -0.2) is 52.0 Å². The van der Waals surface area contributed by atoms with E-state index in [1.54, 1.807) is 12.4 Å². The fourth-order valence-corrected chi connectivity index (χ4v) is 5.01. The maximum atomic E-state index is 13.8. The number of fused-ring (bicyclic) bond motifs is 2. The highest BCUT2D eigenvalue weighted by atomic mass is 16.5. The van der Waals surface area contributed by atoms with E-state index in [1.165, 1.54) is 7.11 Å². The number of ether oxygens (including phenoxy) is 1. The molecule has 172 valence electrons. The summed E-state index contributed by atoms with van der Waals surface area (Å²) in [6, 6.07) is 14.5. The highest BCUT2D eigenvalue weighted by molar-refractivity contribution is 6.01. The molecule has 3 heterocycles. The van der Waals surface area contributed by atoms with Crippen molar-refractivity contribution in [3.05, 3.63) is 66.0 Å². The van der Waals surface area contributed by atoms with Crippen LogP contribution in [0.5, 0.6) is 6.01 Å². The van der Waals surface area contributed by atoms with Crippen LogP contribution < -0.4 is 10.1 Å². The molecule has 8 heteroatoms. The molecule has 2 aromatic heterocycles. The summed E-state index contributed by atoms with van der Waals surface area (Å²) in [6.45, 7) is 3.38. The average Bonchev–Trinajstić information content (AvgIpc) is 3.35. The van der Waals surface area contributed by atoms with Crippen LogP contribution in [0.4, 0.5) is 6.01 Å². The quantitative estimate of drug-likeness (QED) is 0.466. The number of rotatable bonds is 6. The lowest BCUT2D eigenvalue weighted by Crippen LogP contribution is -2.42. The van der Waals surface area contributed by atoms with Gasteiger partial charge in [0.1, 0.15) is 5.52 Å². The van der Waals surface area contributed by atoms with Crippen LogP contribution in [0.2, 0.25) is 0 Å². The molecule has 4 aromatic rings. The zero-order valence-corrected chi connectivity index (χ0v) is 19.1. The van der Waals surface area contributed by atoms with Gasteiger partial charge in [-0.15, -0.1) is 0 Å². The number of aryl methyl sites for hydroxylation is 1. The van der Waals surface area contributed by atoms with E-state index < -0.39 is 0 Å². The van der Waals surface area contributed by atoms with Crippen LogP contribution >= 0.6 is 0 Å². The first-order valence-corrected chi connectivity index (χ1v) is 11.5. The van der Waals surface area contributed by atoms with Gasteiger partial charge in [-0.05, 0) is 48.9 Å². The molecular weight excluding hydrogens is 430 g/mol. The Balaban J connectivity index is 1.26. The third-order valence-electron chi connectivity index (χ3n) is 6.85. The molecule has 34 heavy (non-hydrogen) atoms. The summed E-state index contributed by atoms with van der Waals surface area (Å²) in [5.41, 5.74) is 4.88. The van der Waals surface area contributed by atoms with Crippen molar-refractivity contribution in [2.24, 2.45) is 11.8 Å². The van der Waals surface area contributed by atoms with E-state index in [-0.39, 0.29) is 11.9 Å². The lowest BCUT2D eigenvalue weighted by atomic mass is 9.98. The summed E-state index contributed by atoms with van der Waals surface area (Å²) in [5.74, 6) is 1.11. The molecule has 3 atom stereocenters. The minimum atomic E-state index is 0.0334. The van der Waals surface area contributed by atoms with Crippen LogP contribution in [0.3, 0.4) is 0 Å². The Morgan fingerprint density at radius 3 is 2.82 bits per heavy atom. The smallest absolute Gasteiger partial charge is 0.316 e. The van der Waals surface area contributed by atoms with Crippen molar-refractivity contribution in [3.63, 3.8) is 0 Å². The average molecular weight is 456 g/mol. The van der Waals surface area contributed by atoms with Crippen molar-refractivity contribution in [2.45, 2.75) is 19.4 Å². The number of carbonyl (C=O) groups excluding carboxylic acids is 1. The molecule has 1 amide bonds. The first kappa shape index (κ1) is 20.7. The Labute approximate surface area is 197 Å². The van der Waals surface area contributed by atoms with Gasteiger partial charge < -0.3 is 19.4 Å². The third-order valence-corrected chi connectivity index (χ3v) is 6.85. The number of aromatic nitrogens is 3. The lowest BCUT2D eigenvalue weighted by molar-refractivity contribution is 0.0715. The summed E-state index contributed by atoms with van der Waals surface area (Å²) in [5, 5.41) is 3.33. The van der Waals surface area contributed by atoms with Gasteiger partial charge in [0.15, 0.2) is 5.58 Å². The van der Waals surface area contributed by atoms with E-state index in [0.717, 1.165) is 40.8 Å². The minimum Gasteiger partial charge on any atom is -0.467 e. The summed E-state index contributed by atoms with van der Waals surface area (Å²) in [7, 11) is 1.53. The number of amides is 1. The van der Waals surface area contributed by atoms with Crippen molar-refractivity contribution in [1.29, 1.82) is 0 Å². The number of methoxy groups -OCH3 is 1. The Morgan fingerprint density at radius 2 is 2.03 bits per heavy atom. The largest absolute Gasteiger partial charge is 0.467 e. The second-order valence-electron chi connectivity index (χ2n) is 9.06. The normalized spacial score (nSPS) is 20.9. The fraction of sp³-hybridized carbons (Fsp3) is 0.308. The number of nitrogens with zero attached hydrogens (tertiary/aromatic N) is 4. The molecule has 0 bridgehead atoms. The molecular formula is C26H25N5O3. The topological polar surface area (TPSA) is 93.4 Å². The first-order chi connectivity index (χ1) is 16.6. The molecule has 2 aliphatic rings. The summed E-state index contributed by atoms with van der Waals surface area (Å²) < 4.78 is 10.9. The van der Waals surface area contributed by atoms with E-state index >= 15 is 0 Å². The van der Waals surface area contributed by atoms with Crippen LogP contribution in [0, 0.1) is 18.8 Å². The number of hydrogen-bond acceptors (Lipinski definition) is 7. The third kappa shape index (κ3) is 3.65. The van der Waals surface area contributed by atoms with Crippen molar-refractivity contribution < 1.29 is 13.9 Å². The Kier molecular flexibility index (Phi) is 4.94. The van der Waals surface area contributed by atoms with Crippen LogP contribution in [0.15, 0.2) is 59.3 Å². The number of anilines is 1. The fourth-order valence-electron chi connectivity index (χ4n) is 5.01. The van der Waals surface area contributed by atoms with E-state index in [4.69, 9.17) is 9.15 Å². The second kappa shape index (κ2) is 8.13. The van der Waals surface area contributed by atoms with Gasteiger partial charge in [0.05, 0.1) is 13.2 Å². The predicted molar refractivity (Wildman–Crippen MR) is 128 cm³/mol. The van der Waals surface area contributed by atoms with Crippen molar-refractivity contribution in [1.82, 2.24) is 19.9 Å². The molecule has 6 rings (SSSR count). The number of carbonyl (C=O) groups is 1.